The zero-order valence-corrected chi connectivity index (χ0v) is 13.8. The quantitative estimate of drug-likeness (QED) is 0.296. The summed E-state index contributed by atoms with van der Waals surface area (Å²) in [5, 5.41) is 1.90. The van der Waals surface area contributed by atoms with E-state index in [0.29, 0.717) is 21.8 Å². The van der Waals surface area contributed by atoms with E-state index in [9.17, 15) is 9.59 Å². The van der Waals surface area contributed by atoms with E-state index in [2.05, 4.69) is 0 Å². The fourth-order valence-electron chi connectivity index (χ4n) is 2.66. The van der Waals surface area contributed by atoms with Gasteiger partial charge in [-0.1, -0.05) is 23.7 Å². The summed E-state index contributed by atoms with van der Waals surface area (Å²) in [6.07, 6.45) is 0. The molecule has 0 amide bonds. The number of fused-ring (bicyclic) bond motifs is 2. The van der Waals surface area contributed by atoms with Crippen LogP contribution in [0.15, 0.2) is 62.2 Å². The Morgan fingerprint density at radius 2 is 1.88 bits per heavy atom. The van der Waals surface area contributed by atoms with Gasteiger partial charge in [0.15, 0.2) is 5.58 Å². The van der Waals surface area contributed by atoms with Crippen LogP contribution in [0.1, 0.15) is 16.1 Å². The Labute approximate surface area is 146 Å². The molecule has 25 heavy (non-hydrogen) atoms. The molecule has 4 aromatic rings. The molecule has 0 unspecified atom stereocenters. The molecule has 2 aromatic heterocycles. The van der Waals surface area contributed by atoms with Crippen molar-refractivity contribution < 1.29 is 18.4 Å². The predicted octanol–water partition coefficient (Wildman–Crippen LogP) is 4.72. The number of rotatable bonds is 2. The topological polar surface area (TPSA) is 69.7 Å². The Kier molecular flexibility index (Phi) is 3.58. The Bertz CT molecular complexity index is 1190. The molecule has 2 heterocycles. The monoisotopic (exact) mass is 354 g/mol. The maximum absolute atomic E-state index is 12.5. The van der Waals surface area contributed by atoms with E-state index in [0.717, 1.165) is 10.8 Å². The second kappa shape index (κ2) is 5.79. The van der Waals surface area contributed by atoms with Crippen LogP contribution in [-0.4, -0.2) is 5.97 Å². The van der Waals surface area contributed by atoms with E-state index < -0.39 is 11.6 Å². The van der Waals surface area contributed by atoms with Crippen LogP contribution in [0.4, 0.5) is 0 Å². The molecule has 0 aliphatic carbocycles. The van der Waals surface area contributed by atoms with Gasteiger partial charge in [0.05, 0.1) is 5.02 Å². The molecule has 124 valence electrons. The molecule has 0 fully saturated rings. The van der Waals surface area contributed by atoms with Crippen LogP contribution in [0, 0.1) is 6.92 Å². The van der Waals surface area contributed by atoms with E-state index >= 15 is 0 Å². The lowest BCUT2D eigenvalue weighted by molar-refractivity contribution is 0.0703. The van der Waals surface area contributed by atoms with Crippen molar-refractivity contribution in [3.63, 3.8) is 0 Å². The highest BCUT2D eigenvalue weighted by Gasteiger charge is 2.21. The normalized spacial score (nSPS) is 11.1. The third-order valence-corrected chi connectivity index (χ3v) is 4.20. The molecule has 0 radical (unpaired) electrons. The van der Waals surface area contributed by atoms with Gasteiger partial charge in [0.1, 0.15) is 11.3 Å². The smallest absolute Gasteiger partial charge is 0.379 e. The zero-order valence-electron chi connectivity index (χ0n) is 13.0. The summed E-state index contributed by atoms with van der Waals surface area (Å²) in [4.78, 5) is 23.8. The van der Waals surface area contributed by atoms with Crippen molar-refractivity contribution in [2.75, 3.05) is 0 Å². The number of halogens is 1. The van der Waals surface area contributed by atoms with Crippen LogP contribution in [0.3, 0.4) is 0 Å². The molecule has 0 saturated heterocycles. The maximum Gasteiger partial charge on any atom is 0.379 e. The standard InChI is InChI=1S/C19H11ClO5/c1-10-13-3-2-4-14(20)18(13)25-17(10)19(22)23-12-7-5-11-6-8-16(21)24-15(11)9-12/h2-9H,1H3. The van der Waals surface area contributed by atoms with Crippen LogP contribution < -0.4 is 10.4 Å². The molecule has 0 atom stereocenters. The first-order valence-corrected chi connectivity index (χ1v) is 7.84. The SMILES string of the molecule is Cc1c(C(=O)Oc2ccc3ccc(=O)oc3c2)oc2c(Cl)cccc12. The van der Waals surface area contributed by atoms with Crippen molar-refractivity contribution in [1.29, 1.82) is 0 Å². The number of carbonyl (C=O) groups is 1. The number of carbonyl (C=O) groups excluding carboxylic acids is 1. The summed E-state index contributed by atoms with van der Waals surface area (Å²) in [7, 11) is 0. The molecule has 0 saturated carbocycles. The minimum Gasteiger partial charge on any atom is -0.447 e. The second-order valence-electron chi connectivity index (χ2n) is 5.52. The third-order valence-electron chi connectivity index (χ3n) is 3.91. The Balaban J connectivity index is 1.71. The van der Waals surface area contributed by atoms with E-state index in [1.54, 1.807) is 37.3 Å². The van der Waals surface area contributed by atoms with Crippen LogP contribution in [-0.2, 0) is 0 Å². The van der Waals surface area contributed by atoms with Crippen molar-refractivity contribution >= 4 is 39.5 Å². The average molecular weight is 355 g/mol. The van der Waals surface area contributed by atoms with Gasteiger partial charge in [-0.2, -0.15) is 0 Å². The lowest BCUT2D eigenvalue weighted by Gasteiger charge is -2.04. The predicted molar refractivity (Wildman–Crippen MR) is 93.4 cm³/mol. The lowest BCUT2D eigenvalue weighted by Crippen LogP contribution is -2.08. The van der Waals surface area contributed by atoms with E-state index in [1.165, 1.54) is 12.1 Å². The minimum absolute atomic E-state index is 0.0812. The Morgan fingerprint density at radius 1 is 1.08 bits per heavy atom. The van der Waals surface area contributed by atoms with Crippen LogP contribution in [0.25, 0.3) is 21.9 Å². The number of aryl methyl sites for hydroxylation is 1. The van der Waals surface area contributed by atoms with Crippen molar-refractivity contribution in [2.24, 2.45) is 0 Å². The van der Waals surface area contributed by atoms with Gasteiger partial charge in [0, 0.05) is 28.5 Å². The molecule has 0 bridgehead atoms. The summed E-state index contributed by atoms with van der Waals surface area (Å²) < 4.78 is 16.0. The molecule has 0 N–H and O–H groups in total. The van der Waals surface area contributed by atoms with Gasteiger partial charge in [0.2, 0.25) is 5.76 Å². The number of hydrogen-bond acceptors (Lipinski definition) is 5. The summed E-state index contributed by atoms with van der Waals surface area (Å²) in [5.74, 6) is -0.321. The number of furan rings is 1. The zero-order chi connectivity index (χ0) is 17.6. The fraction of sp³-hybridized carbons (Fsp3) is 0.0526. The average Bonchev–Trinajstić information content (AvgIpc) is 2.93. The van der Waals surface area contributed by atoms with Gasteiger partial charge in [-0.05, 0) is 31.2 Å². The van der Waals surface area contributed by atoms with Crippen molar-refractivity contribution in [1.82, 2.24) is 0 Å². The summed E-state index contributed by atoms with van der Waals surface area (Å²) in [6, 6.07) is 13.1. The number of benzene rings is 2. The van der Waals surface area contributed by atoms with Gasteiger partial charge in [-0.15, -0.1) is 0 Å². The molecular weight excluding hydrogens is 344 g/mol. The second-order valence-corrected chi connectivity index (χ2v) is 5.92. The highest BCUT2D eigenvalue weighted by molar-refractivity contribution is 6.35. The number of esters is 1. The lowest BCUT2D eigenvalue weighted by atomic mass is 10.1. The first-order valence-electron chi connectivity index (χ1n) is 7.46. The highest BCUT2D eigenvalue weighted by atomic mass is 35.5. The molecule has 0 spiro atoms. The van der Waals surface area contributed by atoms with Gasteiger partial charge in [0.25, 0.3) is 0 Å². The Hall–Kier alpha value is -3.05. The molecule has 6 heteroatoms. The van der Waals surface area contributed by atoms with Crippen molar-refractivity contribution in [3.8, 4) is 5.75 Å². The van der Waals surface area contributed by atoms with Gasteiger partial charge >= 0.3 is 11.6 Å². The fourth-order valence-corrected chi connectivity index (χ4v) is 2.87. The number of ether oxygens (including phenoxy) is 1. The van der Waals surface area contributed by atoms with Crippen LogP contribution >= 0.6 is 11.6 Å². The first kappa shape index (κ1) is 15.5. The van der Waals surface area contributed by atoms with Gasteiger partial charge in [-0.25, -0.2) is 9.59 Å². The minimum atomic E-state index is -0.651. The Morgan fingerprint density at radius 3 is 2.68 bits per heavy atom. The molecular formula is C19H11ClO5. The van der Waals surface area contributed by atoms with E-state index in [-0.39, 0.29) is 11.5 Å². The number of para-hydroxylation sites is 1. The first-order chi connectivity index (χ1) is 12.0. The molecule has 4 rings (SSSR count). The van der Waals surface area contributed by atoms with Crippen molar-refractivity contribution in [3.05, 3.63) is 75.3 Å². The van der Waals surface area contributed by atoms with Crippen LogP contribution in [0.5, 0.6) is 5.75 Å². The molecule has 0 aliphatic heterocycles. The largest absolute Gasteiger partial charge is 0.447 e. The summed E-state index contributed by atoms with van der Waals surface area (Å²) >= 11 is 6.10. The summed E-state index contributed by atoms with van der Waals surface area (Å²) in [6.45, 7) is 1.76. The van der Waals surface area contributed by atoms with Crippen molar-refractivity contribution in [2.45, 2.75) is 6.92 Å². The highest BCUT2D eigenvalue weighted by Crippen LogP contribution is 2.31. The van der Waals surface area contributed by atoms with E-state index in [1.807, 2.05) is 6.07 Å². The van der Waals surface area contributed by atoms with E-state index in [4.69, 9.17) is 25.2 Å². The van der Waals surface area contributed by atoms with Gasteiger partial charge < -0.3 is 13.6 Å². The molecule has 2 aromatic carbocycles. The van der Waals surface area contributed by atoms with Gasteiger partial charge in [-0.3, -0.25) is 0 Å². The van der Waals surface area contributed by atoms with Crippen LogP contribution in [0.2, 0.25) is 5.02 Å². The summed E-state index contributed by atoms with van der Waals surface area (Å²) in [5.41, 5.74) is 0.953. The third kappa shape index (κ3) is 2.68. The maximum atomic E-state index is 12.5. The molecule has 5 nitrogen and oxygen atoms in total. The molecule has 0 aliphatic rings. The number of hydrogen-bond donors (Lipinski definition) is 0.